The second kappa shape index (κ2) is 6.06. The Bertz CT molecular complexity index is 633. The molecule has 0 bridgehead atoms. The molecule has 0 aliphatic rings. The average molecular weight is 310 g/mol. The molecule has 1 unspecified atom stereocenters. The van der Waals surface area contributed by atoms with Crippen molar-refractivity contribution in [3.8, 4) is 0 Å². The van der Waals surface area contributed by atoms with Crippen molar-refractivity contribution in [2.24, 2.45) is 0 Å². The maximum Gasteiger partial charge on any atom is 0.338 e. The number of hydrogen-bond donors (Lipinski definition) is 3. The highest BCUT2D eigenvalue weighted by Gasteiger charge is 2.16. The van der Waals surface area contributed by atoms with E-state index >= 15 is 0 Å². The topological polar surface area (TPSA) is 78.4 Å². The van der Waals surface area contributed by atoms with Crippen LogP contribution in [-0.4, -0.2) is 17.1 Å². The first-order valence-corrected chi connectivity index (χ1v) is 7.61. The Morgan fingerprint density at radius 2 is 2.05 bits per heavy atom. The van der Waals surface area contributed by atoms with Gasteiger partial charge in [-0.05, 0) is 37.4 Å². The summed E-state index contributed by atoms with van der Waals surface area (Å²) in [4.78, 5) is 25.1. The lowest BCUT2D eigenvalue weighted by atomic mass is 10.3. The van der Waals surface area contributed by atoms with Crippen LogP contribution in [0.2, 0.25) is 0 Å². The van der Waals surface area contributed by atoms with Crippen LogP contribution in [0, 0.1) is 6.92 Å². The van der Waals surface area contributed by atoms with Crippen molar-refractivity contribution in [3.05, 3.63) is 38.9 Å². The minimum Gasteiger partial charge on any atom is -0.478 e. The Kier molecular flexibility index (Phi) is 4.41. The first-order chi connectivity index (χ1) is 9.47. The zero-order valence-electron chi connectivity index (χ0n) is 11.0. The highest BCUT2D eigenvalue weighted by atomic mass is 32.1. The summed E-state index contributed by atoms with van der Waals surface area (Å²) in [5.41, 5.74) is 0.102. The third kappa shape index (κ3) is 3.37. The standard InChI is InChI=1S/C13H14N2O3S2/c1-7-3-4-10(20-7)8(2)14-13(18)15-11-9(12(16)17)5-6-19-11/h3-6,8H,1-2H3,(H,16,17)(H2,14,15,18). The number of thiophene rings is 2. The smallest absolute Gasteiger partial charge is 0.338 e. The van der Waals surface area contributed by atoms with Crippen molar-refractivity contribution in [2.45, 2.75) is 19.9 Å². The van der Waals surface area contributed by atoms with E-state index in [1.54, 1.807) is 16.7 Å². The Morgan fingerprint density at radius 3 is 2.65 bits per heavy atom. The minimum atomic E-state index is -1.05. The van der Waals surface area contributed by atoms with Gasteiger partial charge in [-0.2, -0.15) is 0 Å². The Hall–Kier alpha value is -1.86. The molecule has 1 atom stereocenters. The summed E-state index contributed by atoms with van der Waals surface area (Å²) in [7, 11) is 0. The van der Waals surface area contributed by atoms with Crippen molar-refractivity contribution in [1.29, 1.82) is 0 Å². The molecule has 106 valence electrons. The van der Waals surface area contributed by atoms with Crippen LogP contribution in [-0.2, 0) is 0 Å². The zero-order chi connectivity index (χ0) is 14.7. The molecule has 7 heteroatoms. The molecule has 2 aromatic rings. The molecule has 0 aliphatic carbocycles. The van der Waals surface area contributed by atoms with Crippen LogP contribution < -0.4 is 10.6 Å². The van der Waals surface area contributed by atoms with Crippen LogP contribution in [0.5, 0.6) is 0 Å². The highest BCUT2D eigenvalue weighted by Crippen LogP contribution is 2.24. The second-order valence-corrected chi connectivity index (χ2v) is 6.47. The number of amides is 2. The first-order valence-electron chi connectivity index (χ1n) is 5.92. The van der Waals surface area contributed by atoms with Crippen molar-refractivity contribution in [1.82, 2.24) is 5.32 Å². The fourth-order valence-electron chi connectivity index (χ4n) is 1.67. The molecule has 0 saturated carbocycles. The molecule has 2 aromatic heterocycles. The summed E-state index contributed by atoms with van der Waals surface area (Å²) < 4.78 is 0. The summed E-state index contributed by atoms with van der Waals surface area (Å²) in [5, 5.41) is 16.3. The van der Waals surface area contributed by atoms with E-state index in [9.17, 15) is 9.59 Å². The van der Waals surface area contributed by atoms with E-state index in [4.69, 9.17) is 5.11 Å². The van der Waals surface area contributed by atoms with Crippen LogP contribution in [0.15, 0.2) is 23.6 Å². The molecule has 2 rings (SSSR count). The Labute approximate surface area is 124 Å². The van der Waals surface area contributed by atoms with Gasteiger partial charge in [-0.25, -0.2) is 9.59 Å². The zero-order valence-corrected chi connectivity index (χ0v) is 12.6. The lowest BCUT2D eigenvalue weighted by Crippen LogP contribution is -2.30. The molecule has 0 aromatic carbocycles. The predicted octanol–water partition coefficient (Wildman–Crippen LogP) is 3.70. The van der Waals surface area contributed by atoms with Gasteiger partial charge in [0.2, 0.25) is 0 Å². The largest absolute Gasteiger partial charge is 0.478 e. The molecule has 5 nitrogen and oxygen atoms in total. The highest BCUT2D eigenvalue weighted by molar-refractivity contribution is 7.14. The number of aryl methyl sites for hydroxylation is 1. The van der Waals surface area contributed by atoms with Crippen LogP contribution >= 0.6 is 22.7 Å². The van der Waals surface area contributed by atoms with E-state index in [-0.39, 0.29) is 11.6 Å². The molecule has 2 amide bonds. The van der Waals surface area contributed by atoms with E-state index in [1.165, 1.54) is 22.3 Å². The SMILES string of the molecule is Cc1ccc(C(C)NC(=O)Nc2sccc2C(=O)O)s1. The molecular formula is C13H14N2O3S2. The first kappa shape index (κ1) is 14.5. The van der Waals surface area contributed by atoms with Crippen LogP contribution in [0.4, 0.5) is 9.80 Å². The summed E-state index contributed by atoms with van der Waals surface area (Å²) in [6.45, 7) is 3.89. The van der Waals surface area contributed by atoms with Gasteiger partial charge in [-0.1, -0.05) is 0 Å². The Morgan fingerprint density at radius 1 is 1.30 bits per heavy atom. The lowest BCUT2D eigenvalue weighted by molar-refractivity contribution is 0.0698. The molecular weight excluding hydrogens is 296 g/mol. The fourth-order valence-corrected chi connectivity index (χ4v) is 3.32. The number of carboxylic acids is 1. The van der Waals surface area contributed by atoms with Gasteiger partial charge in [0, 0.05) is 9.75 Å². The van der Waals surface area contributed by atoms with Gasteiger partial charge in [0.25, 0.3) is 0 Å². The van der Waals surface area contributed by atoms with Gasteiger partial charge < -0.3 is 10.4 Å². The van der Waals surface area contributed by atoms with E-state index in [0.29, 0.717) is 5.00 Å². The number of anilines is 1. The number of carboxylic acid groups (broad SMARTS) is 1. The maximum atomic E-state index is 11.9. The number of aromatic carboxylic acids is 1. The molecule has 0 saturated heterocycles. The van der Waals surface area contributed by atoms with Crippen LogP contribution in [0.1, 0.15) is 33.1 Å². The summed E-state index contributed by atoms with van der Waals surface area (Å²) in [5.74, 6) is -1.05. The third-order valence-corrected chi connectivity index (χ3v) is 4.67. The van der Waals surface area contributed by atoms with Crippen molar-refractivity contribution < 1.29 is 14.7 Å². The number of carbonyl (C=O) groups excluding carboxylic acids is 1. The summed E-state index contributed by atoms with van der Waals surface area (Å²) in [6, 6.07) is 4.90. The normalized spacial score (nSPS) is 11.9. The maximum absolute atomic E-state index is 11.9. The fraction of sp³-hybridized carbons (Fsp3) is 0.231. The molecule has 0 aliphatic heterocycles. The molecule has 0 fully saturated rings. The molecule has 3 N–H and O–H groups in total. The monoisotopic (exact) mass is 310 g/mol. The van der Waals surface area contributed by atoms with E-state index in [1.807, 2.05) is 26.0 Å². The van der Waals surface area contributed by atoms with Crippen molar-refractivity contribution in [2.75, 3.05) is 5.32 Å². The molecule has 2 heterocycles. The predicted molar refractivity (Wildman–Crippen MR) is 80.9 cm³/mol. The van der Waals surface area contributed by atoms with E-state index < -0.39 is 12.0 Å². The Balaban J connectivity index is 1.99. The quantitative estimate of drug-likeness (QED) is 0.805. The molecule has 0 radical (unpaired) electrons. The van der Waals surface area contributed by atoms with Gasteiger partial charge in [0.1, 0.15) is 5.00 Å². The lowest BCUT2D eigenvalue weighted by Gasteiger charge is -2.12. The van der Waals surface area contributed by atoms with Gasteiger partial charge in [-0.3, -0.25) is 5.32 Å². The number of nitrogens with one attached hydrogen (secondary N) is 2. The van der Waals surface area contributed by atoms with Gasteiger partial charge >= 0.3 is 12.0 Å². The molecule has 0 spiro atoms. The minimum absolute atomic E-state index is 0.102. The number of hydrogen-bond acceptors (Lipinski definition) is 4. The molecule has 20 heavy (non-hydrogen) atoms. The van der Waals surface area contributed by atoms with Gasteiger partial charge in [0.05, 0.1) is 11.6 Å². The van der Waals surface area contributed by atoms with Crippen LogP contribution in [0.25, 0.3) is 0 Å². The number of rotatable bonds is 4. The third-order valence-electron chi connectivity index (χ3n) is 2.66. The summed E-state index contributed by atoms with van der Waals surface area (Å²) >= 11 is 2.80. The van der Waals surface area contributed by atoms with Gasteiger partial charge in [-0.15, -0.1) is 22.7 Å². The van der Waals surface area contributed by atoms with Crippen LogP contribution in [0.3, 0.4) is 0 Å². The number of urea groups is 1. The van der Waals surface area contributed by atoms with E-state index in [2.05, 4.69) is 10.6 Å². The summed E-state index contributed by atoms with van der Waals surface area (Å²) in [6.07, 6.45) is 0. The van der Waals surface area contributed by atoms with Gasteiger partial charge in [0.15, 0.2) is 0 Å². The second-order valence-electron chi connectivity index (χ2n) is 4.24. The average Bonchev–Trinajstić information content (AvgIpc) is 2.97. The number of carbonyl (C=O) groups is 2. The van der Waals surface area contributed by atoms with Crippen molar-refractivity contribution in [3.63, 3.8) is 0 Å². The van der Waals surface area contributed by atoms with Crippen molar-refractivity contribution >= 4 is 39.7 Å². The van der Waals surface area contributed by atoms with E-state index in [0.717, 1.165) is 4.88 Å².